The topological polar surface area (TPSA) is 89.3 Å². The van der Waals surface area contributed by atoms with Crippen LogP contribution in [0, 0.1) is 10.1 Å². The molecule has 0 aliphatic heterocycles. The van der Waals surface area contributed by atoms with Crippen LogP contribution in [0.15, 0.2) is 40.6 Å². The molecule has 0 unspecified atom stereocenters. The molecule has 6 nitrogen and oxygen atoms in total. The molecule has 1 N–H and O–H groups in total. The third-order valence-corrected chi connectivity index (χ3v) is 6.96. The van der Waals surface area contributed by atoms with Crippen LogP contribution in [0.2, 0.25) is 0 Å². The molecule has 2 aromatic rings. The minimum absolute atomic E-state index is 0.00955. The Kier molecular flexibility index (Phi) is 3.89. The summed E-state index contributed by atoms with van der Waals surface area (Å²) in [5.41, 5.74) is 1.01. The second kappa shape index (κ2) is 5.61. The van der Waals surface area contributed by atoms with Gasteiger partial charge in [0.25, 0.3) is 0 Å². The summed E-state index contributed by atoms with van der Waals surface area (Å²) >= 11 is 0.918. The molecule has 1 saturated carbocycles. The van der Waals surface area contributed by atoms with E-state index in [9.17, 15) is 18.5 Å². The highest BCUT2D eigenvalue weighted by molar-refractivity contribution is 7.92. The summed E-state index contributed by atoms with van der Waals surface area (Å²) in [6.45, 7) is 0.557. The molecular weight excluding hydrogens is 336 g/mol. The van der Waals surface area contributed by atoms with Crippen molar-refractivity contribution in [3.8, 4) is 0 Å². The first-order valence-corrected chi connectivity index (χ1v) is 9.80. The van der Waals surface area contributed by atoms with Gasteiger partial charge in [0.05, 0.1) is 4.92 Å². The molecule has 1 fully saturated rings. The van der Waals surface area contributed by atoms with Gasteiger partial charge in [-0.25, -0.2) is 8.42 Å². The summed E-state index contributed by atoms with van der Waals surface area (Å²) in [6.07, 6.45) is 3.09. The number of anilines is 1. The van der Waals surface area contributed by atoms with E-state index in [2.05, 4.69) is 17.4 Å². The van der Waals surface area contributed by atoms with Gasteiger partial charge < -0.3 is 5.32 Å². The fourth-order valence-corrected chi connectivity index (χ4v) is 4.50. The zero-order valence-corrected chi connectivity index (χ0v) is 14.1. The van der Waals surface area contributed by atoms with E-state index in [1.54, 1.807) is 0 Å². The fraction of sp³-hybridized carbons (Fsp3) is 0.333. The van der Waals surface area contributed by atoms with Crippen molar-refractivity contribution in [3.63, 3.8) is 0 Å². The zero-order valence-electron chi connectivity index (χ0n) is 12.5. The monoisotopic (exact) mass is 352 g/mol. The molecule has 3 rings (SSSR count). The first-order chi connectivity index (χ1) is 10.8. The van der Waals surface area contributed by atoms with Gasteiger partial charge in [0.2, 0.25) is 0 Å². The lowest BCUT2D eigenvalue weighted by molar-refractivity contribution is -0.383. The van der Waals surface area contributed by atoms with E-state index in [4.69, 9.17) is 0 Å². The van der Waals surface area contributed by atoms with Crippen LogP contribution in [0.4, 0.5) is 10.7 Å². The average Bonchev–Trinajstić information content (AvgIpc) is 3.15. The predicted octanol–water partition coefficient (Wildman–Crippen LogP) is 3.20. The van der Waals surface area contributed by atoms with Crippen molar-refractivity contribution >= 4 is 31.9 Å². The highest BCUT2D eigenvalue weighted by Crippen LogP contribution is 2.49. The van der Waals surface area contributed by atoms with Gasteiger partial charge in [0.15, 0.2) is 14.8 Å². The number of hydrogen-bond donors (Lipinski definition) is 1. The molecule has 0 amide bonds. The highest BCUT2D eigenvalue weighted by atomic mass is 32.2. The van der Waals surface area contributed by atoms with Gasteiger partial charge in [0.1, 0.15) is 4.21 Å². The number of rotatable bonds is 6. The van der Waals surface area contributed by atoms with Crippen LogP contribution in [-0.2, 0) is 15.3 Å². The molecule has 1 heterocycles. The third kappa shape index (κ3) is 3.23. The number of benzene rings is 1. The van der Waals surface area contributed by atoms with Crippen molar-refractivity contribution in [2.24, 2.45) is 0 Å². The largest absolute Gasteiger partial charge is 0.370 e. The highest BCUT2D eigenvalue weighted by Gasteiger charge is 2.44. The van der Waals surface area contributed by atoms with Crippen LogP contribution < -0.4 is 5.32 Å². The van der Waals surface area contributed by atoms with E-state index < -0.39 is 14.8 Å². The first-order valence-electron chi connectivity index (χ1n) is 7.09. The molecule has 0 saturated heterocycles. The lowest BCUT2D eigenvalue weighted by Gasteiger charge is -2.16. The Morgan fingerprint density at radius 3 is 2.48 bits per heavy atom. The summed E-state index contributed by atoms with van der Waals surface area (Å²) in [4.78, 5) is 10.6. The Bertz CT molecular complexity index is 840. The summed E-state index contributed by atoms with van der Waals surface area (Å²) in [5.74, 6) is 0. The van der Waals surface area contributed by atoms with Crippen molar-refractivity contribution in [2.45, 2.75) is 22.5 Å². The van der Waals surface area contributed by atoms with E-state index in [0.29, 0.717) is 11.5 Å². The van der Waals surface area contributed by atoms with Crippen molar-refractivity contribution < 1.29 is 13.3 Å². The molecule has 0 bridgehead atoms. The Balaban J connectivity index is 1.84. The van der Waals surface area contributed by atoms with E-state index in [0.717, 1.165) is 36.5 Å². The molecule has 122 valence electrons. The molecule has 0 radical (unpaired) electrons. The van der Waals surface area contributed by atoms with Gasteiger partial charge >= 0.3 is 5.69 Å². The second-order valence-electron chi connectivity index (χ2n) is 5.81. The number of thiophene rings is 1. The Morgan fingerprint density at radius 2 is 1.96 bits per heavy atom. The van der Waals surface area contributed by atoms with Crippen molar-refractivity contribution in [1.29, 1.82) is 0 Å². The number of nitro groups is 1. The van der Waals surface area contributed by atoms with E-state index in [1.807, 2.05) is 18.2 Å². The van der Waals surface area contributed by atoms with Crippen molar-refractivity contribution in [1.82, 2.24) is 0 Å². The lowest BCUT2D eigenvalue weighted by Crippen LogP contribution is -2.19. The van der Waals surface area contributed by atoms with Gasteiger partial charge in [-0.3, -0.25) is 10.1 Å². The minimum Gasteiger partial charge on any atom is -0.370 e. The molecule has 1 aromatic carbocycles. The molecule has 23 heavy (non-hydrogen) atoms. The minimum atomic E-state index is -3.45. The third-order valence-electron chi connectivity index (χ3n) is 4.08. The number of sulfone groups is 1. The Hall–Kier alpha value is -1.93. The number of nitrogens with one attached hydrogen (secondary N) is 1. The van der Waals surface area contributed by atoms with Crippen LogP contribution in [0.3, 0.4) is 0 Å². The standard InChI is InChI=1S/C15H16N2O4S2/c1-23(20,21)13-9-12(17(18)19)14(22-13)16-10-15(7-8-15)11-5-3-2-4-6-11/h2-6,9,16H,7-8,10H2,1H3. The number of hydrogen-bond acceptors (Lipinski definition) is 6. The second-order valence-corrected chi connectivity index (χ2v) is 9.10. The van der Waals surface area contributed by atoms with Crippen molar-refractivity contribution in [2.75, 3.05) is 18.1 Å². The quantitative estimate of drug-likeness (QED) is 0.637. The van der Waals surface area contributed by atoms with Gasteiger partial charge in [-0.2, -0.15) is 0 Å². The smallest absolute Gasteiger partial charge is 0.304 e. The van der Waals surface area contributed by atoms with Crippen molar-refractivity contribution in [3.05, 3.63) is 52.1 Å². The van der Waals surface area contributed by atoms with Crippen LogP contribution in [0.5, 0.6) is 0 Å². The molecule has 0 atom stereocenters. The van der Waals surface area contributed by atoms with Crippen LogP contribution in [0.25, 0.3) is 0 Å². The average molecular weight is 352 g/mol. The summed E-state index contributed by atoms with van der Waals surface area (Å²) in [6, 6.07) is 11.1. The van der Waals surface area contributed by atoms with Gasteiger partial charge in [-0.15, -0.1) is 0 Å². The maximum atomic E-state index is 11.6. The van der Waals surface area contributed by atoms with Gasteiger partial charge in [0, 0.05) is 24.3 Å². The molecule has 8 heteroatoms. The number of nitrogens with zero attached hydrogens (tertiary/aromatic N) is 1. The lowest BCUT2D eigenvalue weighted by atomic mass is 9.96. The normalized spacial score (nSPS) is 16.0. The van der Waals surface area contributed by atoms with E-state index in [-0.39, 0.29) is 15.3 Å². The maximum Gasteiger partial charge on any atom is 0.304 e. The molecule has 0 spiro atoms. The molecule has 1 aliphatic rings. The SMILES string of the molecule is CS(=O)(=O)c1cc([N+](=O)[O-])c(NCC2(c3ccccc3)CC2)s1. The van der Waals surface area contributed by atoms with E-state index in [1.165, 1.54) is 5.56 Å². The summed E-state index contributed by atoms with van der Waals surface area (Å²) in [7, 11) is -3.45. The Morgan fingerprint density at radius 1 is 1.30 bits per heavy atom. The van der Waals surface area contributed by atoms with Crippen LogP contribution in [0.1, 0.15) is 18.4 Å². The van der Waals surface area contributed by atoms with Gasteiger partial charge in [-0.1, -0.05) is 41.7 Å². The molecular formula is C15H16N2O4S2. The molecule has 1 aromatic heterocycles. The zero-order chi connectivity index (χ0) is 16.7. The van der Waals surface area contributed by atoms with Gasteiger partial charge in [-0.05, 0) is 18.4 Å². The van der Waals surface area contributed by atoms with E-state index >= 15 is 0 Å². The molecule has 1 aliphatic carbocycles. The van der Waals surface area contributed by atoms with Crippen LogP contribution in [-0.4, -0.2) is 26.1 Å². The maximum absolute atomic E-state index is 11.6. The summed E-state index contributed by atoms with van der Waals surface area (Å²) < 4.78 is 23.2. The Labute approximate surface area is 138 Å². The predicted molar refractivity (Wildman–Crippen MR) is 89.9 cm³/mol. The fourth-order valence-electron chi connectivity index (χ4n) is 2.56. The summed E-state index contributed by atoms with van der Waals surface area (Å²) in [5, 5.41) is 14.6. The van der Waals surface area contributed by atoms with Crippen LogP contribution >= 0.6 is 11.3 Å². The first kappa shape index (κ1) is 15.9.